The molecule has 3 heterocycles. The van der Waals surface area contributed by atoms with Crippen LogP contribution in [0.5, 0.6) is 0 Å². The molecule has 0 radical (unpaired) electrons. The fourth-order valence-electron chi connectivity index (χ4n) is 3.64. The summed E-state index contributed by atoms with van der Waals surface area (Å²) >= 11 is 1.50. The Balaban J connectivity index is 1.46. The Morgan fingerprint density at radius 2 is 1.79 bits per heavy atom. The number of nitrogens with one attached hydrogen (secondary N) is 2. The molecule has 0 bridgehead atoms. The first-order valence-electron chi connectivity index (χ1n) is 9.32. The third kappa shape index (κ3) is 3.35. The second-order valence-electron chi connectivity index (χ2n) is 7.07. The summed E-state index contributed by atoms with van der Waals surface area (Å²) in [5, 5.41) is 14.0. The first-order chi connectivity index (χ1) is 14.1. The minimum Gasteiger partial charge on any atom is -0.250 e. The zero-order valence-corrected chi connectivity index (χ0v) is 16.3. The van der Waals surface area contributed by atoms with E-state index in [9.17, 15) is 8.78 Å². The van der Waals surface area contributed by atoms with Crippen LogP contribution in [-0.4, -0.2) is 25.8 Å². The molecule has 2 N–H and O–H groups in total. The zero-order valence-electron chi connectivity index (χ0n) is 15.5. The van der Waals surface area contributed by atoms with Gasteiger partial charge in [0.1, 0.15) is 0 Å². The molecule has 1 fully saturated rings. The van der Waals surface area contributed by atoms with Gasteiger partial charge in [0.2, 0.25) is 5.16 Å². The molecule has 3 atom stereocenters. The van der Waals surface area contributed by atoms with Crippen molar-refractivity contribution in [3.8, 4) is 0 Å². The lowest BCUT2D eigenvalue weighted by Crippen LogP contribution is -2.29. The van der Waals surface area contributed by atoms with Gasteiger partial charge in [-0.05, 0) is 37.1 Å². The lowest BCUT2D eigenvalue weighted by molar-refractivity contribution is 0.508. The number of hydrazine groups is 1. The molecule has 2 aliphatic heterocycles. The maximum absolute atomic E-state index is 13.7. The molecule has 5 rings (SSSR count). The van der Waals surface area contributed by atoms with Crippen LogP contribution in [0.1, 0.15) is 42.4 Å². The van der Waals surface area contributed by atoms with Crippen molar-refractivity contribution in [1.29, 1.82) is 0 Å². The first-order valence-corrected chi connectivity index (χ1v) is 10.2. The van der Waals surface area contributed by atoms with Crippen LogP contribution in [0.3, 0.4) is 0 Å². The van der Waals surface area contributed by atoms with Gasteiger partial charge in [-0.1, -0.05) is 42.1 Å². The van der Waals surface area contributed by atoms with Crippen LogP contribution >= 0.6 is 11.8 Å². The molecule has 0 saturated carbocycles. The summed E-state index contributed by atoms with van der Waals surface area (Å²) in [6.07, 6.45) is 0.790. The maximum atomic E-state index is 13.7. The van der Waals surface area contributed by atoms with Crippen LogP contribution in [-0.2, 0) is 0 Å². The third-order valence-electron chi connectivity index (χ3n) is 5.14. The minimum absolute atomic E-state index is 0.0591. The Kier molecular flexibility index (Phi) is 4.65. The molecule has 148 valence electrons. The van der Waals surface area contributed by atoms with Crippen LogP contribution in [0.4, 0.5) is 8.78 Å². The van der Waals surface area contributed by atoms with Crippen molar-refractivity contribution in [2.45, 2.75) is 35.8 Å². The highest BCUT2D eigenvalue weighted by atomic mass is 32.2. The molecule has 1 aromatic heterocycles. The number of rotatable bonds is 3. The number of benzene rings is 2. The highest BCUT2D eigenvalue weighted by Crippen LogP contribution is 2.35. The summed E-state index contributed by atoms with van der Waals surface area (Å²) in [4.78, 5) is 0. The smallest absolute Gasteiger partial charge is 0.212 e. The summed E-state index contributed by atoms with van der Waals surface area (Å²) in [5.74, 6) is -1.07. The van der Waals surface area contributed by atoms with Gasteiger partial charge in [-0.2, -0.15) is 9.78 Å². The standard InChI is InChI=1S/C20H18F2N6S/c1-11-18(13-7-8-14(21)15(22)9-13)27-28-19(25-26-20(28)29-11)17-10-16(23-24-17)12-5-3-2-4-6-12/h2-9,11,16-17,23-24H,10H2,1H3. The zero-order chi connectivity index (χ0) is 20.0. The van der Waals surface area contributed by atoms with E-state index >= 15 is 0 Å². The average molecular weight is 412 g/mol. The van der Waals surface area contributed by atoms with Gasteiger partial charge in [-0.3, -0.25) is 0 Å². The lowest BCUT2D eigenvalue weighted by Gasteiger charge is -2.21. The van der Waals surface area contributed by atoms with Gasteiger partial charge in [0, 0.05) is 11.6 Å². The Hall–Kier alpha value is -2.62. The van der Waals surface area contributed by atoms with E-state index in [1.807, 2.05) is 25.1 Å². The summed E-state index contributed by atoms with van der Waals surface area (Å²) in [5.41, 5.74) is 8.98. The highest BCUT2D eigenvalue weighted by molar-refractivity contribution is 8.00. The Morgan fingerprint density at radius 1 is 1.00 bits per heavy atom. The minimum atomic E-state index is -0.885. The van der Waals surface area contributed by atoms with Crippen LogP contribution in [0, 0.1) is 11.6 Å². The number of hydrogen-bond acceptors (Lipinski definition) is 6. The molecule has 0 spiro atoms. The van der Waals surface area contributed by atoms with Gasteiger partial charge in [-0.25, -0.2) is 19.6 Å². The topological polar surface area (TPSA) is 67.1 Å². The van der Waals surface area contributed by atoms with E-state index in [1.54, 1.807) is 10.7 Å². The van der Waals surface area contributed by atoms with Crippen molar-refractivity contribution < 1.29 is 8.78 Å². The van der Waals surface area contributed by atoms with Crippen molar-refractivity contribution >= 4 is 17.5 Å². The number of hydrogen-bond donors (Lipinski definition) is 2. The fourth-order valence-corrected chi connectivity index (χ4v) is 4.58. The van der Waals surface area contributed by atoms with Gasteiger partial charge in [0.25, 0.3) is 0 Å². The van der Waals surface area contributed by atoms with E-state index in [1.165, 1.54) is 23.4 Å². The summed E-state index contributed by atoms with van der Waals surface area (Å²) in [6.45, 7) is 1.96. The van der Waals surface area contributed by atoms with Gasteiger partial charge in [0.05, 0.1) is 17.0 Å². The van der Waals surface area contributed by atoms with E-state index in [-0.39, 0.29) is 17.3 Å². The summed E-state index contributed by atoms with van der Waals surface area (Å²) in [7, 11) is 0. The van der Waals surface area contributed by atoms with Crippen molar-refractivity contribution in [3.05, 3.63) is 77.1 Å². The van der Waals surface area contributed by atoms with E-state index in [2.05, 4.69) is 33.2 Å². The fraction of sp³-hybridized carbons (Fsp3) is 0.250. The molecule has 9 heteroatoms. The van der Waals surface area contributed by atoms with Crippen LogP contribution in [0.15, 0.2) is 58.8 Å². The predicted octanol–water partition coefficient (Wildman–Crippen LogP) is 3.58. The maximum Gasteiger partial charge on any atom is 0.212 e. The van der Waals surface area contributed by atoms with E-state index in [0.29, 0.717) is 22.3 Å². The number of nitrogens with zero attached hydrogens (tertiary/aromatic N) is 4. The van der Waals surface area contributed by atoms with Crippen molar-refractivity contribution in [1.82, 2.24) is 25.7 Å². The van der Waals surface area contributed by atoms with Crippen LogP contribution in [0.25, 0.3) is 0 Å². The second kappa shape index (κ2) is 7.33. The molecule has 3 unspecified atom stereocenters. The van der Waals surface area contributed by atoms with Crippen LogP contribution < -0.4 is 10.9 Å². The molecule has 0 amide bonds. The van der Waals surface area contributed by atoms with Crippen molar-refractivity contribution in [2.24, 2.45) is 5.10 Å². The average Bonchev–Trinajstić information content (AvgIpc) is 3.37. The number of fused-ring (bicyclic) bond motifs is 1. The molecular weight excluding hydrogens is 394 g/mol. The highest BCUT2D eigenvalue weighted by Gasteiger charge is 2.33. The summed E-state index contributed by atoms with van der Waals surface area (Å²) < 4.78 is 28.8. The largest absolute Gasteiger partial charge is 0.250 e. The quantitative estimate of drug-likeness (QED) is 0.688. The Morgan fingerprint density at radius 3 is 2.59 bits per heavy atom. The van der Waals surface area contributed by atoms with Gasteiger partial charge >= 0.3 is 0 Å². The molecule has 1 saturated heterocycles. The number of halogens is 2. The normalized spacial score (nSPS) is 23.7. The second-order valence-corrected chi connectivity index (χ2v) is 8.37. The molecule has 2 aromatic carbocycles. The first kappa shape index (κ1) is 18.4. The molecular formula is C20H18F2N6S. The number of thioether (sulfide) groups is 1. The molecule has 2 aliphatic rings. The lowest BCUT2D eigenvalue weighted by atomic mass is 10.0. The van der Waals surface area contributed by atoms with E-state index in [4.69, 9.17) is 5.10 Å². The van der Waals surface area contributed by atoms with Gasteiger partial charge in [-0.15, -0.1) is 10.2 Å². The van der Waals surface area contributed by atoms with E-state index in [0.717, 1.165) is 12.5 Å². The molecule has 6 nitrogen and oxygen atoms in total. The third-order valence-corrected chi connectivity index (χ3v) is 6.19. The Labute approximate surface area is 170 Å². The molecule has 0 aliphatic carbocycles. The molecule has 29 heavy (non-hydrogen) atoms. The van der Waals surface area contributed by atoms with Crippen molar-refractivity contribution in [2.75, 3.05) is 0 Å². The monoisotopic (exact) mass is 412 g/mol. The van der Waals surface area contributed by atoms with Gasteiger partial charge < -0.3 is 0 Å². The van der Waals surface area contributed by atoms with E-state index < -0.39 is 11.6 Å². The number of aromatic nitrogens is 3. The van der Waals surface area contributed by atoms with Crippen molar-refractivity contribution in [3.63, 3.8) is 0 Å². The van der Waals surface area contributed by atoms with Gasteiger partial charge in [0.15, 0.2) is 17.5 Å². The molecule has 3 aromatic rings. The summed E-state index contributed by atoms with van der Waals surface area (Å²) in [6, 6.07) is 14.1. The Bertz CT molecular complexity index is 1080. The predicted molar refractivity (Wildman–Crippen MR) is 106 cm³/mol. The van der Waals surface area contributed by atoms with Crippen LogP contribution in [0.2, 0.25) is 0 Å². The SMILES string of the molecule is CC1Sc2nnc(C3CC(c4ccccc4)NN3)n2N=C1c1ccc(F)c(F)c1.